The fourth-order valence-corrected chi connectivity index (χ4v) is 1.67. The van der Waals surface area contributed by atoms with Gasteiger partial charge in [-0.15, -0.1) is 10.2 Å². The van der Waals surface area contributed by atoms with Crippen LogP contribution in [0.2, 0.25) is 5.15 Å². The Labute approximate surface area is 115 Å². The Morgan fingerprint density at radius 1 is 1.26 bits per heavy atom. The molecule has 0 radical (unpaired) electrons. The summed E-state index contributed by atoms with van der Waals surface area (Å²) >= 11 is 5.63. The summed E-state index contributed by atoms with van der Waals surface area (Å²) in [5, 5.41) is 10.3. The topological polar surface area (TPSA) is 64.1 Å². The standard InChI is InChI=1S/C13H12ClN3O2/c1-8-3-4-10(19-2)9(7-8)13(18)15-12-6-5-11(14)16-17-12/h3-7H,1-2H3,(H,15,17,18). The Morgan fingerprint density at radius 3 is 2.68 bits per heavy atom. The number of nitrogens with one attached hydrogen (secondary N) is 1. The lowest BCUT2D eigenvalue weighted by Crippen LogP contribution is -2.14. The molecule has 0 aliphatic carbocycles. The number of aromatic nitrogens is 2. The predicted molar refractivity (Wildman–Crippen MR) is 72.7 cm³/mol. The van der Waals surface area contributed by atoms with E-state index in [4.69, 9.17) is 16.3 Å². The molecule has 5 nitrogen and oxygen atoms in total. The molecule has 1 aromatic carbocycles. The quantitative estimate of drug-likeness (QED) is 0.937. The lowest BCUT2D eigenvalue weighted by Gasteiger charge is -2.09. The van der Waals surface area contributed by atoms with E-state index >= 15 is 0 Å². The molecule has 1 N–H and O–H groups in total. The van der Waals surface area contributed by atoms with Gasteiger partial charge >= 0.3 is 0 Å². The number of amides is 1. The Bertz CT molecular complexity index is 599. The van der Waals surface area contributed by atoms with Crippen molar-refractivity contribution in [3.63, 3.8) is 0 Å². The van der Waals surface area contributed by atoms with Crippen LogP contribution in [-0.2, 0) is 0 Å². The molecule has 2 aromatic rings. The molecule has 0 saturated carbocycles. The van der Waals surface area contributed by atoms with Gasteiger partial charge in [0.15, 0.2) is 11.0 Å². The first-order valence-corrected chi connectivity index (χ1v) is 5.93. The average Bonchev–Trinajstić information content (AvgIpc) is 2.41. The molecule has 2 rings (SSSR count). The molecule has 1 amide bonds. The molecular formula is C13H12ClN3O2. The Balaban J connectivity index is 2.24. The number of halogens is 1. The lowest BCUT2D eigenvalue weighted by atomic mass is 10.1. The number of hydrogen-bond acceptors (Lipinski definition) is 4. The Kier molecular flexibility index (Phi) is 3.97. The maximum Gasteiger partial charge on any atom is 0.260 e. The molecular weight excluding hydrogens is 266 g/mol. The van der Waals surface area contributed by atoms with Crippen LogP contribution in [0.3, 0.4) is 0 Å². The van der Waals surface area contributed by atoms with Crippen molar-refractivity contribution in [2.45, 2.75) is 6.92 Å². The van der Waals surface area contributed by atoms with E-state index in [1.165, 1.54) is 7.11 Å². The number of hydrogen-bond donors (Lipinski definition) is 1. The second-order valence-corrected chi connectivity index (χ2v) is 4.29. The van der Waals surface area contributed by atoms with E-state index in [9.17, 15) is 4.79 Å². The number of nitrogens with zero attached hydrogens (tertiary/aromatic N) is 2. The van der Waals surface area contributed by atoms with Gasteiger partial charge in [-0.05, 0) is 31.2 Å². The fourth-order valence-electron chi connectivity index (χ4n) is 1.57. The van der Waals surface area contributed by atoms with Crippen molar-refractivity contribution in [1.82, 2.24) is 10.2 Å². The van der Waals surface area contributed by atoms with Crippen LogP contribution >= 0.6 is 11.6 Å². The number of anilines is 1. The zero-order valence-electron chi connectivity index (χ0n) is 10.5. The molecule has 0 spiro atoms. The van der Waals surface area contributed by atoms with Gasteiger partial charge in [0.1, 0.15) is 5.75 Å². The molecule has 0 bridgehead atoms. The summed E-state index contributed by atoms with van der Waals surface area (Å²) in [5.41, 5.74) is 1.41. The number of carbonyl (C=O) groups is 1. The third-order valence-electron chi connectivity index (χ3n) is 2.47. The van der Waals surface area contributed by atoms with Gasteiger partial charge in [0, 0.05) is 0 Å². The molecule has 1 aromatic heterocycles. The summed E-state index contributed by atoms with van der Waals surface area (Å²) in [5.74, 6) is 0.528. The highest BCUT2D eigenvalue weighted by Gasteiger charge is 2.13. The third-order valence-corrected chi connectivity index (χ3v) is 2.67. The molecule has 0 fully saturated rings. The summed E-state index contributed by atoms with van der Waals surface area (Å²) in [6, 6.07) is 8.50. The normalized spacial score (nSPS) is 10.1. The second kappa shape index (κ2) is 5.67. The minimum atomic E-state index is -0.308. The molecule has 0 unspecified atom stereocenters. The highest BCUT2D eigenvalue weighted by Crippen LogP contribution is 2.20. The van der Waals surface area contributed by atoms with Gasteiger partial charge < -0.3 is 10.1 Å². The lowest BCUT2D eigenvalue weighted by molar-refractivity contribution is 0.102. The van der Waals surface area contributed by atoms with E-state index in [0.717, 1.165) is 5.56 Å². The van der Waals surface area contributed by atoms with Crippen LogP contribution in [0.4, 0.5) is 5.82 Å². The summed E-state index contributed by atoms with van der Waals surface area (Å²) in [6.45, 7) is 1.90. The number of methoxy groups -OCH3 is 1. The van der Waals surface area contributed by atoms with Gasteiger partial charge in [-0.2, -0.15) is 0 Å². The van der Waals surface area contributed by atoms with E-state index in [1.807, 2.05) is 13.0 Å². The molecule has 19 heavy (non-hydrogen) atoms. The number of rotatable bonds is 3. The van der Waals surface area contributed by atoms with E-state index in [0.29, 0.717) is 17.1 Å². The maximum atomic E-state index is 12.1. The van der Waals surface area contributed by atoms with Crippen molar-refractivity contribution in [3.8, 4) is 5.75 Å². The summed E-state index contributed by atoms with van der Waals surface area (Å²) in [7, 11) is 1.52. The smallest absolute Gasteiger partial charge is 0.260 e. The summed E-state index contributed by atoms with van der Waals surface area (Å²) in [6.07, 6.45) is 0. The fraction of sp³-hybridized carbons (Fsp3) is 0.154. The minimum Gasteiger partial charge on any atom is -0.496 e. The zero-order chi connectivity index (χ0) is 13.8. The highest BCUT2D eigenvalue weighted by atomic mass is 35.5. The van der Waals surface area contributed by atoms with E-state index in [-0.39, 0.29) is 11.1 Å². The predicted octanol–water partition coefficient (Wildman–Crippen LogP) is 2.70. The molecule has 0 atom stereocenters. The minimum absolute atomic E-state index is 0.270. The first kappa shape index (κ1) is 13.3. The van der Waals surface area contributed by atoms with Crippen LogP contribution < -0.4 is 10.1 Å². The van der Waals surface area contributed by atoms with E-state index < -0.39 is 0 Å². The van der Waals surface area contributed by atoms with Gasteiger partial charge in [-0.25, -0.2) is 0 Å². The highest BCUT2D eigenvalue weighted by molar-refractivity contribution is 6.29. The van der Waals surface area contributed by atoms with Gasteiger partial charge in [0.2, 0.25) is 0 Å². The average molecular weight is 278 g/mol. The number of benzene rings is 1. The molecule has 0 aliphatic rings. The Hall–Kier alpha value is -2.14. The number of carbonyl (C=O) groups excluding carboxylic acids is 1. The SMILES string of the molecule is COc1ccc(C)cc1C(=O)Nc1ccc(Cl)nn1. The zero-order valence-corrected chi connectivity index (χ0v) is 11.2. The van der Waals surface area contributed by atoms with Crippen LogP contribution in [0.25, 0.3) is 0 Å². The first-order valence-electron chi connectivity index (χ1n) is 5.55. The van der Waals surface area contributed by atoms with Crippen LogP contribution in [0.15, 0.2) is 30.3 Å². The molecule has 1 heterocycles. The largest absolute Gasteiger partial charge is 0.496 e. The maximum absolute atomic E-state index is 12.1. The van der Waals surface area contributed by atoms with Crippen LogP contribution in [0, 0.1) is 6.92 Å². The van der Waals surface area contributed by atoms with Crippen LogP contribution in [0.5, 0.6) is 5.75 Å². The molecule has 6 heteroatoms. The van der Waals surface area contributed by atoms with Gasteiger partial charge in [0.25, 0.3) is 5.91 Å². The Morgan fingerprint density at radius 2 is 2.05 bits per heavy atom. The third kappa shape index (κ3) is 3.20. The molecule has 98 valence electrons. The van der Waals surface area contributed by atoms with Crippen LogP contribution in [0.1, 0.15) is 15.9 Å². The van der Waals surface area contributed by atoms with Gasteiger partial charge in [-0.3, -0.25) is 4.79 Å². The van der Waals surface area contributed by atoms with Crippen molar-refractivity contribution < 1.29 is 9.53 Å². The van der Waals surface area contributed by atoms with Crippen molar-refractivity contribution >= 4 is 23.3 Å². The summed E-state index contributed by atoms with van der Waals surface area (Å²) in [4.78, 5) is 12.1. The number of ether oxygens (including phenoxy) is 1. The first-order chi connectivity index (χ1) is 9.10. The summed E-state index contributed by atoms with van der Waals surface area (Å²) < 4.78 is 5.16. The van der Waals surface area contributed by atoms with Gasteiger partial charge in [0.05, 0.1) is 12.7 Å². The van der Waals surface area contributed by atoms with Crippen LogP contribution in [-0.4, -0.2) is 23.2 Å². The van der Waals surface area contributed by atoms with Crippen molar-refractivity contribution in [2.75, 3.05) is 12.4 Å². The monoisotopic (exact) mass is 277 g/mol. The molecule has 0 aliphatic heterocycles. The van der Waals surface area contributed by atoms with E-state index in [1.54, 1.807) is 24.3 Å². The van der Waals surface area contributed by atoms with Crippen molar-refractivity contribution in [3.05, 3.63) is 46.6 Å². The van der Waals surface area contributed by atoms with Crippen molar-refractivity contribution in [2.24, 2.45) is 0 Å². The number of aryl methyl sites for hydroxylation is 1. The second-order valence-electron chi connectivity index (χ2n) is 3.90. The van der Waals surface area contributed by atoms with Gasteiger partial charge in [-0.1, -0.05) is 23.2 Å². The van der Waals surface area contributed by atoms with Crippen molar-refractivity contribution in [1.29, 1.82) is 0 Å². The molecule has 0 saturated heterocycles. The van der Waals surface area contributed by atoms with E-state index in [2.05, 4.69) is 15.5 Å².